The molecule has 1 saturated carbocycles. The molecule has 0 aromatic carbocycles. The van der Waals surface area contributed by atoms with Gasteiger partial charge in [0.2, 0.25) is 0 Å². The molecule has 3 aliphatic rings. The van der Waals surface area contributed by atoms with Crippen LogP contribution in [0.1, 0.15) is 26.3 Å². The quantitative estimate of drug-likeness (QED) is 0.742. The van der Waals surface area contributed by atoms with E-state index in [4.69, 9.17) is 21.7 Å². The summed E-state index contributed by atoms with van der Waals surface area (Å²) in [5, 5.41) is 0. The first-order valence-corrected chi connectivity index (χ1v) is 7.91. The number of hydrogen-bond acceptors (Lipinski definition) is 5. The molecule has 0 radical (unpaired) electrons. The lowest BCUT2D eigenvalue weighted by Gasteiger charge is -2.23. The Balaban J connectivity index is 1.80. The molecule has 0 spiro atoms. The summed E-state index contributed by atoms with van der Waals surface area (Å²) in [6, 6.07) is -0.0448. The van der Waals surface area contributed by atoms with Crippen LogP contribution in [0.2, 0.25) is 0 Å². The maximum absolute atomic E-state index is 12.6. The largest absolute Gasteiger partial charge is 0.344 e. The van der Waals surface area contributed by atoms with Gasteiger partial charge in [0, 0.05) is 12.5 Å². The number of nitrogens with zero attached hydrogens (tertiary/aromatic N) is 3. The number of H-pyrrole nitrogens is 1. The molecule has 5 rings (SSSR count). The number of imidazole rings is 1. The van der Waals surface area contributed by atoms with Gasteiger partial charge in [0.25, 0.3) is 0 Å². The average Bonchev–Trinajstić information content (AvgIpc) is 3.01. The topological polar surface area (TPSA) is 74.1 Å². The first-order valence-electron chi connectivity index (χ1n) is 7.50. The van der Waals surface area contributed by atoms with E-state index < -0.39 is 5.79 Å². The van der Waals surface area contributed by atoms with Crippen molar-refractivity contribution in [3.05, 3.63) is 21.5 Å². The fourth-order valence-electron chi connectivity index (χ4n) is 4.28. The van der Waals surface area contributed by atoms with Crippen molar-refractivity contribution >= 4 is 23.4 Å². The van der Waals surface area contributed by atoms with Gasteiger partial charge in [-0.1, -0.05) is 12.2 Å². The van der Waals surface area contributed by atoms with E-state index in [-0.39, 0.29) is 23.9 Å². The third-order valence-corrected chi connectivity index (χ3v) is 5.30. The fourth-order valence-corrected chi connectivity index (χ4v) is 4.51. The molecular weight excluding hydrogens is 304 g/mol. The van der Waals surface area contributed by atoms with E-state index in [1.54, 1.807) is 10.9 Å². The van der Waals surface area contributed by atoms with Crippen molar-refractivity contribution in [3.63, 3.8) is 0 Å². The van der Waals surface area contributed by atoms with E-state index in [1.165, 1.54) is 0 Å². The van der Waals surface area contributed by atoms with Crippen molar-refractivity contribution in [2.24, 2.45) is 5.92 Å². The Morgan fingerprint density at radius 3 is 3.00 bits per heavy atom. The van der Waals surface area contributed by atoms with Gasteiger partial charge in [-0.15, -0.1) is 0 Å². The highest BCUT2D eigenvalue weighted by Gasteiger charge is 2.56. The average molecular weight is 320 g/mol. The second-order valence-corrected chi connectivity index (χ2v) is 7.23. The van der Waals surface area contributed by atoms with E-state index in [0.29, 0.717) is 16.1 Å². The number of aromatic amines is 1. The molecule has 2 aromatic heterocycles. The molecule has 2 aromatic rings. The van der Waals surface area contributed by atoms with Gasteiger partial charge in [-0.25, -0.2) is 9.78 Å². The van der Waals surface area contributed by atoms with Gasteiger partial charge in [-0.2, -0.15) is 0 Å². The maximum Gasteiger partial charge on any atom is 0.328 e. The van der Waals surface area contributed by atoms with E-state index in [2.05, 4.69) is 9.97 Å². The normalized spacial score (nSPS) is 34.8. The summed E-state index contributed by atoms with van der Waals surface area (Å²) < 4.78 is 16.4. The smallest absolute Gasteiger partial charge is 0.328 e. The number of ether oxygens (including phenoxy) is 2. The Morgan fingerprint density at radius 2 is 2.18 bits per heavy atom. The van der Waals surface area contributed by atoms with Gasteiger partial charge >= 0.3 is 5.69 Å². The minimum atomic E-state index is -0.603. The van der Waals surface area contributed by atoms with Crippen LogP contribution in [0.3, 0.4) is 0 Å². The van der Waals surface area contributed by atoms with Crippen LogP contribution in [-0.2, 0) is 16.0 Å². The van der Waals surface area contributed by atoms with Gasteiger partial charge in [-0.05, 0) is 20.3 Å². The Bertz CT molecular complexity index is 911. The molecule has 2 aliphatic heterocycles. The molecule has 4 atom stereocenters. The van der Waals surface area contributed by atoms with Gasteiger partial charge in [-0.3, -0.25) is 9.55 Å². The van der Waals surface area contributed by atoms with Crippen molar-refractivity contribution < 1.29 is 9.47 Å². The van der Waals surface area contributed by atoms with Crippen molar-refractivity contribution in [3.8, 4) is 0 Å². The minimum Gasteiger partial charge on any atom is -0.344 e. The van der Waals surface area contributed by atoms with Crippen LogP contribution in [0.15, 0.2) is 11.1 Å². The SMILES string of the molecule is CC1(C)OC2[C@@H](O1)[C@@H]1C[C@H]2n2c(=O)[nH]c(=S)c3ncn(c32)C1. The molecule has 1 saturated heterocycles. The maximum atomic E-state index is 12.6. The number of aromatic nitrogens is 4. The van der Waals surface area contributed by atoms with Crippen LogP contribution in [0.25, 0.3) is 11.2 Å². The zero-order chi connectivity index (χ0) is 15.2. The predicted molar refractivity (Wildman–Crippen MR) is 80.1 cm³/mol. The molecule has 116 valence electrons. The number of rotatable bonds is 0. The van der Waals surface area contributed by atoms with E-state index in [0.717, 1.165) is 18.6 Å². The first kappa shape index (κ1) is 13.0. The van der Waals surface area contributed by atoms with Gasteiger partial charge in [0.05, 0.1) is 18.5 Å². The Morgan fingerprint density at radius 1 is 1.41 bits per heavy atom. The van der Waals surface area contributed by atoms with Gasteiger partial charge in [0.15, 0.2) is 5.79 Å². The molecule has 1 aliphatic carbocycles. The second-order valence-electron chi connectivity index (χ2n) is 6.83. The van der Waals surface area contributed by atoms with Crippen LogP contribution in [0.5, 0.6) is 0 Å². The third-order valence-electron chi connectivity index (χ3n) is 5.01. The number of hydrogen-bond donors (Lipinski definition) is 1. The molecule has 7 nitrogen and oxygen atoms in total. The molecule has 1 N–H and O–H groups in total. The molecule has 2 fully saturated rings. The summed E-state index contributed by atoms with van der Waals surface area (Å²) >= 11 is 5.25. The van der Waals surface area contributed by atoms with Crippen molar-refractivity contribution in [1.82, 2.24) is 19.1 Å². The molecule has 22 heavy (non-hydrogen) atoms. The summed E-state index contributed by atoms with van der Waals surface area (Å²) in [4.78, 5) is 19.7. The van der Waals surface area contributed by atoms with Crippen LogP contribution in [-0.4, -0.2) is 37.1 Å². The summed E-state index contributed by atoms with van der Waals surface area (Å²) in [6.45, 7) is 4.62. The van der Waals surface area contributed by atoms with Crippen LogP contribution in [0, 0.1) is 10.6 Å². The fraction of sp³-hybridized carbons (Fsp3) is 0.643. The third kappa shape index (κ3) is 1.50. The predicted octanol–water partition coefficient (Wildman–Crippen LogP) is 1.35. The molecular formula is C14H16N4O3S. The standard InChI is InChI=1S/C14H16N4O3S/c1-14(2)20-9-6-3-7(10(9)21-14)18-12-8(11(22)16-13(18)19)15-5-17(12)4-6/h5-7,9-10H,3-4H2,1-2H3,(H,16,19,22)/t6-,7-,9+,10?/m1/s1. The molecule has 2 bridgehead atoms. The van der Waals surface area contributed by atoms with Crippen LogP contribution in [0.4, 0.5) is 0 Å². The Labute approximate surface area is 130 Å². The van der Waals surface area contributed by atoms with Crippen LogP contribution >= 0.6 is 12.2 Å². The highest BCUT2D eigenvalue weighted by Crippen LogP contribution is 2.49. The zero-order valence-electron chi connectivity index (χ0n) is 12.3. The second kappa shape index (κ2) is 3.87. The number of nitrogens with one attached hydrogen (secondary N) is 1. The highest BCUT2D eigenvalue weighted by atomic mass is 32.1. The molecule has 0 amide bonds. The van der Waals surface area contributed by atoms with Crippen molar-refractivity contribution in [2.45, 2.75) is 50.8 Å². The summed E-state index contributed by atoms with van der Waals surface area (Å²) in [6.07, 6.45) is 2.54. The van der Waals surface area contributed by atoms with E-state index in [1.807, 2.05) is 18.4 Å². The molecule has 4 heterocycles. The number of fused-ring (bicyclic) bond motifs is 6. The summed E-state index contributed by atoms with van der Waals surface area (Å²) in [7, 11) is 0. The Kier molecular flexibility index (Phi) is 2.28. The van der Waals surface area contributed by atoms with Crippen LogP contribution < -0.4 is 5.69 Å². The monoisotopic (exact) mass is 320 g/mol. The van der Waals surface area contributed by atoms with Crippen molar-refractivity contribution in [1.29, 1.82) is 0 Å². The highest BCUT2D eigenvalue weighted by molar-refractivity contribution is 7.71. The lowest BCUT2D eigenvalue weighted by atomic mass is 10.1. The molecule has 8 heteroatoms. The van der Waals surface area contributed by atoms with E-state index >= 15 is 0 Å². The molecule has 1 unspecified atom stereocenters. The summed E-state index contributed by atoms with van der Waals surface area (Å²) in [5.74, 6) is -0.296. The zero-order valence-corrected chi connectivity index (χ0v) is 13.1. The van der Waals surface area contributed by atoms with E-state index in [9.17, 15) is 4.79 Å². The van der Waals surface area contributed by atoms with Gasteiger partial charge < -0.3 is 14.0 Å². The van der Waals surface area contributed by atoms with Crippen molar-refractivity contribution in [2.75, 3.05) is 0 Å². The Hall–Kier alpha value is -1.51. The lowest BCUT2D eigenvalue weighted by molar-refractivity contribution is -0.160. The first-order chi connectivity index (χ1) is 10.4. The van der Waals surface area contributed by atoms with Gasteiger partial charge in [0.1, 0.15) is 21.9 Å². The minimum absolute atomic E-state index is 0.0145. The lowest BCUT2D eigenvalue weighted by Crippen LogP contribution is -2.36. The summed E-state index contributed by atoms with van der Waals surface area (Å²) in [5.41, 5.74) is 1.28.